The Morgan fingerprint density at radius 2 is 2.00 bits per heavy atom. The van der Waals surface area contributed by atoms with Crippen LogP contribution >= 0.6 is 0 Å². The minimum absolute atomic E-state index is 0.200. The summed E-state index contributed by atoms with van der Waals surface area (Å²) in [5.41, 5.74) is 10.8. The Labute approximate surface area is 69.1 Å². The second-order valence-electron chi connectivity index (χ2n) is 2.11. The average Bonchev–Trinajstić information content (AvgIpc) is 2.03. The lowest BCUT2D eigenvalue weighted by atomic mass is 10.3. The molecule has 0 aliphatic rings. The number of primary amides is 1. The summed E-state index contributed by atoms with van der Waals surface area (Å²) in [6.45, 7) is 0. The van der Waals surface area contributed by atoms with E-state index in [1.807, 2.05) is 0 Å². The molecule has 1 aromatic heterocycles. The van der Waals surface area contributed by atoms with E-state index in [2.05, 4.69) is 9.97 Å². The van der Waals surface area contributed by atoms with Crippen molar-refractivity contribution in [2.24, 2.45) is 5.73 Å². The van der Waals surface area contributed by atoms with Crippen molar-refractivity contribution in [1.29, 1.82) is 0 Å². The maximum absolute atomic E-state index is 10.3. The summed E-state index contributed by atoms with van der Waals surface area (Å²) in [6, 6.07) is 0. The zero-order valence-electron chi connectivity index (χ0n) is 6.27. The van der Waals surface area contributed by atoms with Crippen molar-refractivity contribution in [2.45, 2.75) is 0 Å². The van der Waals surface area contributed by atoms with Gasteiger partial charge < -0.3 is 11.5 Å². The molecule has 1 aromatic rings. The lowest BCUT2D eigenvalue weighted by Crippen LogP contribution is -2.05. The first-order valence-corrected chi connectivity index (χ1v) is 3.23. The highest BCUT2D eigenvalue weighted by Gasteiger charge is 1.89. The maximum Gasteiger partial charge on any atom is 0.241 e. The third-order valence-corrected chi connectivity index (χ3v) is 1.13. The number of nitrogen functional groups attached to an aromatic ring is 1. The third kappa shape index (κ3) is 2.37. The molecule has 1 rings (SSSR count). The second-order valence-corrected chi connectivity index (χ2v) is 2.11. The molecule has 0 fully saturated rings. The topological polar surface area (TPSA) is 94.9 Å². The largest absolute Gasteiger partial charge is 0.368 e. The van der Waals surface area contributed by atoms with E-state index >= 15 is 0 Å². The van der Waals surface area contributed by atoms with Crippen molar-refractivity contribution < 1.29 is 4.79 Å². The Morgan fingerprint density at radius 1 is 1.42 bits per heavy atom. The molecule has 0 saturated carbocycles. The van der Waals surface area contributed by atoms with E-state index in [0.29, 0.717) is 5.56 Å². The van der Waals surface area contributed by atoms with Crippen LogP contribution in [-0.4, -0.2) is 15.9 Å². The zero-order chi connectivity index (χ0) is 8.97. The number of nitrogens with zero attached hydrogens (tertiary/aromatic N) is 2. The standard InChI is InChI=1S/C7H8N4O/c8-6(12)2-1-5-3-10-7(9)11-4-5/h1-4H,(H2,8,12)(H2,9,10,11)/b2-1-. The minimum atomic E-state index is -0.508. The van der Waals surface area contributed by atoms with Gasteiger partial charge in [0.05, 0.1) is 0 Å². The van der Waals surface area contributed by atoms with Gasteiger partial charge in [0.25, 0.3) is 0 Å². The Morgan fingerprint density at radius 3 is 2.50 bits per heavy atom. The number of anilines is 1. The molecule has 0 aliphatic carbocycles. The highest BCUT2D eigenvalue weighted by molar-refractivity contribution is 5.90. The highest BCUT2D eigenvalue weighted by atomic mass is 16.1. The fourth-order valence-electron chi connectivity index (χ4n) is 0.612. The number of hydrogen-bond donors (Lipinski definition) is 2. The molecule has 5 heteroatoms. The molecule has 0 unspecified atom stereocenters. The van der Waals surface area contributed by atoms with Crippen LogP contribution in [0.3, 0.4) is 0 Å². The predicted molar refractivity (Wildman–Crippen MR) is 44.7 cm³/mol. The summed E-state index contributed by atoms with van der Waals surface area (Å²) in [5, 5.41) is 0. The molecule has 0 bridgehead atoms. The van der Waals surface area contributed by atoms with Gasteiger partial charge in [-0.3, -0.25) is 4.79 Å². The van der Waals surface area contributed by atoms with Crippen molar-refractivity contribution in [1.82, 2.24) is 9.97 Å². The van der Waals surface area contributed by atoms with Crippen LogP contribution in [0.2, 0.25) is 0 Å². The number of amides is 1. The molecule has 4 N–H and O–H groups in total. The molecule has 0 aromatic carbocycles. The molecule has 5 nitrogen and oxygen atoms in total. The van der Waals surface area contributed by atoms with Gasteiger partial charge in [0, 0.05) is 24.0 Å². The highest BCUT2D eigenvalue weighted by Crippen LogP contribution is 1.98. The van der Waals surface area contributed by atoms with Gasteiger partial charge in [-0.1, -0.05) is 0 Å². The summed E-state index contributed by atoms with van der Waals surface area (Å²) in [6.07, 6.45) is 5.75. The van der Waals surface area contributed by atoms with Crippen molar-refractivity contribution in [3.8, 4) is 0 Å². The van der Waals surface area contributed by atoms with Crippen LogP contribution in [0, 0.1) is 0 Å². The Hall–Kier alpha value is -1.91. The van der Waals surface area contributed by atoms with Crippen LogP contribution in [0.25, 0.3) is 6.08 Å². The monoisotopic (exact) mass is 164 g/mol. The first kappa shape index (κ1) is 8.19. The SMILES string of the molecule is NC(=O)/C=C\c1cnc(N)nc1. The van der Waals surface area contributed by atoms with Gasteiger partial charge in [0.2, 0.25) is 11.9 Å². The lowest BCUT2D eigenvalue weighted by molar-refractivity contribution is -0.113. The predicted octanol–water partition coefficient (Wildman–Crippen LogP) is -0.443. The van der Waals surface area contributed by atoms with Gasteiger partial charge in [-0.25, -0.2) is 9.97 Å². The molecule has 0 atom stereocenters. The first-order chi connectivity index (χ1) is 5.68. The van der Waals surface area contributed by atoms with Gasteiger partial charge in [-0.2, -0.15) is 0 Å². The summed E-state index contributed by atoms with van der Waals surface area (Å²) in [5.74, 6) is -0.307. The number of hydrogen-bond acceptors (Lipinski definition) is 4. The smallest absolute Gasteiger partial charge is 0.241 e. The molecular weight excluding hydrogens is 156 g/mol. The van der Waals surface area contributed by atoms with Crippen LogP contribution < -0.4 is 11.5 Å². The van der Waals surface area contributed by atoms with Crippen LogP contribution in [0.15, 0.2) is 18.5 Å². The van der Waals surface area contributed by atoms with E-state index in [9.17, 15) is 4.79 Å². The Bertz CT molecular complexity index is 304. The average molecular weight is 164 g/mol. The number of nitrogens with two attached hydrogens (primary N) is 2. The second kappa shape index (κ2) is 3.47. The summed E-state index contributed by atoms with van der Waals surface area (Å²) in [4.78, 5) is 17.8. The van der Waals surface area contributed by atoms with Crippen LogP contribution in [0.5, 0.6) is 0 Å². The molecule has 62 valence electrons. The van der Waals surface area contributed by atoms with E-state index in [4.69, 9.17) is 11.5 Å². The van der Waals surface area contributed by atoms with Crippen LogP contribution in [0.1, 0.15) is 5.56 Å². The van der Waals surface area contributed by atoms with Crippen molar-refractivity contribution in [3.05, 3.63) is 24.0 Å². The first-order valence-electron chi connectivity index (χ1n) is 3.23. The fourth-order valence-corrected chi connectivity index (χ4v) is 0.612. The zero-order valence-corrected chi connectivity index (χ0v) is 6.27. The van der Waals surface area contributed by atoms with Gasteiger partial charge in [0.1, 0.15) is 0 Å². The lowest BCUT2D eigenvalue weighted by Gasteiger charge is -1.91. The van der Waals surface area contributed by atoms with E-state index in [-0.39, 0.29) is 5.95 Å². The third-order valence-electron chi connectivity index (χ3n) is 1.13. The summed E-state index contributed by atoms with van der Waals surface area (Å²) < 4.78 is 0. The van der Waals surface area contributed by atoms with Gasteiger partial charge in [0.15, 0.2) is 0 Å². The molecule has 0 radical (unpaired) electrons. The number of rotatable bonds is 2. The van der Waals surface area contributed by atoms with Gasteiger partial charge in [-0.05, 0) is 6.08 Å². The molecule has 12 heavy (non-hydrogen) atoms. The van der Waals surface area contributed by atoms with Crippen molar-refractivity contribution >= 4 is 17.9 Å². The van der Waals surface area contributed by atoms with E-state index in [1.165, 1.54) is 24.5 Å². The molecule has 0 aliphatic heterocycles. The number of carbonyl (C=O) groups is 1. The van der Waals surface area contributed by atoms with Gasteiger partial charge in [-0.15, -0.1) is 0 Å². The fraction of sp³-hybridized carbons (Fsp3) is 0. The van der Waals surface area contributed by atoms with Crippen molar-refractivity contribution in [2.75, 3.05) is 5.73 Å². The Kier molecular flexibility index (Phi) is 2.37. The van der Waals surface area contributed by atoms with E-state index in [0.717, 1.165) is 0 Å². The molecule has 0 saturated heterocycles. The van der Waals surface area contributed by atoms with Crippen molar-refractivity contribution in [3.63, 3.8) is 0 Å². The molecule has 1 heterocycles. The maximum atomic E-state index is 10.3. The minimum Gasteiger partial charge on any atom is -0.368 e. The quantitative estimate of drug-likeness (QED) is 0.579. The summed E-state index contributed by atoms with van der Waals surface area (Å²) >= 11 is 0. The van der Waals surface area contributed by atoms with Crippen LogP contribution in [0.4, 0.5) is 5.95 Å². The molecule has 0 spiro atoms. The number of aromatic nitrogens is 2. The number of carbonyl (C=O) groups excluding carboxylic acids is 1. The molecule has 1 amide bonds. The summed E-state index contributed by atoms with van der Waals surface area (Å²) in [7, 11) is 0. The molecular formula is C7H8N4O. The van der Waals surface area contributed by atoms with Crippen LogP contribution in [-0.2, 0) is 4.79 Å². The normalized spacial score (nSPS) is 10.3. The van der Waals surface area contributed by atoms with E-state index in [1.54, 1.807) is 0 Å². The van der Waals surface area contributed by atoms with E-state index < -0.39 is 5.91 Å². The van der Waals surface area contributed by atoms with Gasteiger partial charge >= 0.3 is 0 Å². The Balaban J connectivity index is 2.77.